The summed E-state index contributed by atoms with van der Waals surface area (Å²) in [5.41, 5.74) is 1.15. The molecule has 0 saturated heterocycles. The maximum absolute atomic E-state index is 9.32. The molecule has 2 unspecified atom stereocenters. The van der Waals surface area contributed by atoms with Crippen LogP contribution in [0.1, 0.15) is 30.5 Å². The summed E-state index contributed by atoms with van der Waals surface area (Å²) in [5, 5.41) is 17.9. The standard InChI is InChI=1S/C10H10N2O/c1-6-4-8(6)9-3-2-7(5-11)10(13)12-9/h2-3,6,8H,4H2,1H3,(H,12,13). The van der Waals surface area contributed by atoms with Gasteiger partial charge in [-0.25, -0.2) is 4.98 Å². The van der Waals surface area contributed by atoms with E-state index >= 15 is 0 Å². The Morgan fingerprint density at radius 1 is 1.62 bits per heavy atom. The third kappa shape index (κ3) is 1.35. The predicted molar refractivity (Wildman–Crippen MR) is 47.1 cm³/mol. The molecule has 0 spiro atoms. The Hall–Kier alpha value is -1.56. The summed E-state index contributed by atoms with van der Waals surface area (Å²) in [6, 6.07) is 5.33. The van der Waals surface area contributed by atoms with Gasteiger partial charge in [-0.3, -0.25) is 0 Å². The smallest absolute Gasteiger partial charge is 0.229 e. The number of aromatic nitrogens is 1. The van der Waals surface area contributed by atoms with E-state index in [0.29, 0.717) is 11.8 Å². The van der Waals surface area contributed by atoms with Crippen LogP contribution in [-0.2, 0) is 0 Å². The Morgan fingerprint density at radius 2 is 2.31 bits per heavy atom. The van der Waals surface area contributed by atoms with E-state index in [0.717, 1.165) is 12.1 Å². The SMILES string of the molecule is CC1CC1c1ccc(C#N)c(O)n1. The van der Waals surface area contributed by atoms with Crippen molar-refractivity contribution in [3.63, 3.8) is 0 Å². The normalized spacial score (nSPS) is 25.2. The average molecular weight is 174 g/mol. The van der Waals surface area contributed by atoms with E-state index in [1.54, 1.807) is 6.07 Å². The Kier molecular flexibility index (Phi) is 1.70. The minimum absolute atomic E-state index is 0.140. The fourth-order valence-electron chi connectivity index (χ4n) is 1.49. The molecule has 1 N–H and O–H groups in total. The molecule has 1 aromatic heterocycles. The summed E-state index contributed by atoms with van der Waals surface area (Å²) in [5.74, 6) is 1.01. The van der Waals surface area contributed by atoms with Crippen molar-refractivity contribution in [2.24, 2.45) is 5.92 Å². The maximum atomic E-state index is 9.32. The zero-order valence-corrected chi connectivity index (χ0v) is 7.36. The van der Waals surface area contributed by atoms with Crippen molar-refractivity contribution >= 4 is 0 Å². The lowest BCUT2D eigenvalue weighted by atomic mass is 10.2. The molecule has 0 radical (unpaired) electrons. The van der Waals surface area contributed by atoms with Crippen LogP contribution in [0.25, 0.3) is 0 Å². The first-order chi connectivity index (χ1) is 6.22. The molecule has 13 heavy (non-hydrogen) atoms. The van der Waals surface area contributed by atoms with Gasteiger partial charge >= 0.3 is 0 Å². The Balaban J connectivity index is 2.32. The van der Waals surface area contributed by atoms with Gasteiger partial charge in [0.1, 0.15) is 11.6 Å². The van der Waals surface area contributed by atoms with Crippen molar-refractivity contribution < 1.29 is 5.11 Å². The third-order valence-corrected chi connectivity index (χ3v) is 2.51. The number of pyridine rings is 1. The van der Waals surface area contributed by atoms with Crippen LogP contribution >= 0.6 is 0 Å². The molecule has 1 aliphatic carbocycles. The van der Waals surface area contributed by atoms with Gasteiger partial charge in [0, 0.05) is 11.6 Å². The quantitative estimate of drug-likeness (QED) is 0.706. The van der Waals surface area contributed by atoms with Gasteiger partial charge in [0.15, 0.2) is 0 Å². The van der Waals surface area contributed by atoms with Crippen molar-refractivity contribution in [3.8, 4) is 11.9 Å². The van der Waals surface area contributed by atoms with Crippen LogP contribution in [0.4, 0.5) is 0 Å². The minimum atomic E-state index is -0.140. The molecule has 0 bridgehead atoms. The number of nitriles is 1. The monoisotopic (exact) mass is 174 g/mol. The highest BCUT2D eigenvalue weighted by molar-refractivity contribution is 5.39. The van der Waals surface area contributed by atoms with E-state index in [1.165, 1.54) is 0 Å². The Morgan fingerprint density at radius 3 is 2.77 bits per heavy atom. The predicted octanol–water partition coefficient (Wildman–Crippen LogP) is 1.78. The summed E-state index contributed by atoms with van der Waals surface area (Å²) < 4.78 is 0. The number of nitrogens with zero attached hydrogens (tertiary/aromatic N) is 2. The molecule has 0 aromatic carbocycles. The van der Waals surface area contributed by atoms with Gasteiger partial charge in [-0.05, 0) is 24.5 Å². The zero-order valence-electron chi connectivity index (χ0n) is 7.36. The molecule has 1 aromatic rings. The summed E-state index contributed by atoms with van der Waals surface area (Å²) in [6.45, 7) is 2.15. The van der Waals surface area contributed by atoms with Gasteiger partial charge in [0.05, 0.1) is 0 Å². The topological polar surface area (TPSA) is 56.9 Å². The first-order valence-corrected chi connectivity index (χ1v) is 4.32. The van der Waals surface area contributed by atoms with Crippen molar-refractivity contribution in [1.82, 2.24) is 4.98 Å². The lowest BCUT2D eigenvalue weighted by Crippen LogP contribution is -1.89. The zero-order chi connectivity index (χ0) is 9.42. The van der Waals surface area contributed by atoms with Crippen LogP contribution in [0, 0.1) is 17.2 Å². The molecule has 2 atom stereocenters. The van der Waals surface area contributed by atoms with Crippen molar-refractivity contribution in [1.29, 1.82) is 5.26 Å². The summed E-state index contributed by atoms with van der Waals surface area (Å²) >= 11 is 0. The van der Waals surface area contributed by atoms with Gasteiger partial charge in [0.25, 0.3) is 0 Å². The molecule has 1 fully saturated rings. The van der Waals surface area contributed by atoms with Gasteiger partial charge in [-0.15, -0.1) is 0 Å². The molecule has 3 nitrogen and oxygen atoms in total. The van der Waals surface area contributed by atoms with E-state index in [2.05, 4.69) is 11.9 Å². The van der Waals surface area contributed by atoms with E-state index in [-0.39, 0.29) is 11.4 Å². The molecule has 0 amide bonds. The van der Waals surface area contributed by atoms with Crippen LogP contribution in [-0.4, -0.2) is 10.1 Å². The highest BCUT2D eigenvalue weighted by atomic mass is 16.3. The lowest BCUT2D eigenvalue weighted by Gasteiger charge is -1.99. The van der Waals surface area contributed by atoms with Gasteiger partial charge in [-0.1, -0.05) is 6.92 Å². The number of hydrogen-bond donors (Lipinski definition) is 1. The van der Waals surface area contributed by atoms with Gasteiger partial charge < -0.3 is 5.11 Å². The second-order valence-electron chi connectivity index (χ2n) is 3.54. The molecule has 1 saturated carbocycles. The highest BCUT2D eigenvalue weighted by Gasteiger charge is 2.35. The number of hydrogen-bond acceptors (Lipinski definition) is 3. The van der Waals surface area contributed by atoms with Crippen LogP contribution < -0.4 is 0 Å². The third-order valence-electron chi connectivity index (χ3n) is 2.51. The van der Waals surface area contributed by atoms with E-state index in [9.17, 15) is 5.11 Å². The van der Waals surface area contributed by atoms with Crippen molar-refractivity contribution in [3.05, 3.63) is 23.4 Å². The Bertz CT molecular complexity index is 381. The summed E-state index contributed by atoms with van der Waals surface area (Å²) in [4.78, 5) is 3.99. The molecular weight excluding hydrogens is 164 g/mol. The molecule has 2 rings (SSSR count). The van der Waals surface area contributed by atoms with Crippen LogP contribution in [0.15, 0.2) is 12.1 Å². The first kappa shape index (κ1) is 8.06. The second kappa shape index (κ2) is 2.74. The van der Waals surface area contributed by atoms with Crippen LogP contribution in [0.3, 0.4) is 0 Å². The van der Waals surface area contributed by atoms with Crippen molar-refractivity contribution in [2.75, 3.05) is 0 Å². The molecular formula is C10H10N2O. The van der Waals surface area contributed by atoms with Crippen LogP contribution in [0.2, 0.25) is 0 Å². The summed E-state index contributed by atoms with van der Waals surface area (Å²) in [7, 11) is 0. The average Bonchev–Trinajstić information content (AvgIpc) is 2.82. The minimum Gasteiger partial charge on any atom is -0.492 e. The number of aromatic hydroxyl groups is 1. The molecule has 1 aliphatic rings. The maximum Gasteiger partial charge on any atom is 0.229 e. The first-order valence-electron chi connectivity index (χ1n) is 4.32. The highest BCUT2D eigenvalue weighted by Crippen LogP contribution is 2.46. The number of rotatable bonds is 1. The van der Waals surface area contributed by atoms with Gasteiger partial charge in [-0.2, -0.15) is 5.26 Å². The van der Waals surface area contributed by atoms with E-state index in [1.807, 2.05) is 12.1 Å². The molecule has 1 heterocycles. The summed E-state index contributed by atoms with van der Waals surface area (Å²) in [6.07, 6.45) is 1.14. The second-order valence-corrected chi connectivity index (χ2v) is 3.54. The largest absolute Gasteiger partial charge is 0.492 e. The Labute approximate surface area is 76.7 Å². The van der Waals surface area contributed by atoms with Gasteiger partial charge in [0.2, 0.25) is 5.88 Å². The van der Waals surface area contributed by atoms with E-state index in [4.69, 9.17) is 5.26 Å². The lowest BCUT2D eigenvalue weighted by molar-refractivity contribution is 0.449. The van der Waals surface area contributed by atoms with E-state index < -0.39 is 0 Å². The molecule has 3 heteroatoms. The fourth-order valence-corrected chi connectivity index (χ4v) is 1.49. The van der Waals surface area contributed by atoms with Crippen molar-refractivity contribution in [2.45, 2.75) is 19.3 Å². The van der Waals surface area contributed by atoms with Crippen LogP contribution in [0.5, 0.6) is 5.88 Å². The molecule has 66 valence electrons. The fraction of sp³-hybridized carbons (Fsp3) is 0.400. The molecule has 0 aliphatic heterocycles.